The summed E-state index contributed by atoms with van der Waals surface area (Å²) in [5.74, 6) is -0.154. The highest BCUT2D eigenvalue weighted by Crippen LogP contribution is 2.20. The molecule has 1 heterocycles. The zero-order valence-electron chi connectivity index (χ0n) is 12.8. The van der Waals surface area contributed by atoms with Gasteiger partial charge in [0.2, 0.25) is 0 Å². The highest BCUT2D eigenvalue weighted by molar-refractivity contribution is 14.1. The number of hydrogen-bond donors (Lipinski definition) is 1. The average Bonchev–Trinajstić information content (AvgIpc) is 2.57. The summed E-state index contributed by atoms with van der Waals surface area (Å²) in [6.07, 6.45) is 1.71. The van der Waals surface area contributed by atoms with Crippen molar-refractivity contribution in [2.45, 2.75) is 6.92 Å². The smallest absolute Gasteiger partial charge is 0.256 e. The van der Waals surface area contributed by atoms with Crippen LogP contribution >= 0.6 is 22.6 Å². The lowest BCUT2D eigenvalue weighted by Crippen LogP contribution is -2.13. The predicted octanol–water partition coefficient (Wildman–Crippen LogP) is 4.45. The second-order valence-electron chi connectivity index (χ2n) is 5.18. The van der Waals surface area contributed by atoms with Gasteiger partial charge in [0.1, 0.15) is 5.82 Å². The first kappa shape index (κ1) is 16.5. The van der Waals surface area contributed by atoms with Crippen molar-refractivity contribution in [3.8, 4) is 11.4 Å². The number of halogens is 2. The minimum absolute atomic E-state index is 0.307. The molecule has 0 bridgehead atoms. The Kier molecular flexibility index (Phi) is 4.84. The Hall–Kier alpha value is -2.35. The number of rotatable bonds is 3. The molecule has 0 fully saturated rings. The molecular formula is C18H13FIN3O. The second kappa shape index (κ2) is 7.04. The maximum Gasteiger partial charge on any atom is 0.256 e. The number of carbonyl (C=O) groups is 1. The third-order valence-corrected chi connectivity index (χ3v) is 4.31. The van der Waals surface area contributed by atoms with E-state index >= 15 is 0 Å². The fraction of sp³-hybridized carbons (Fsp3) is 0.0556. The van der Waals surface area contributed by atoms with Crippen LogP contribution in [0.25, 0.3) is 11.4 Å². The van der Waals surface area contributed by atoms with Gasteiger partial charge in [-0.05, 0) is 78.0 Å². The van der Waals surface area contributed by atoms with Crippen LogP contribution in [-0.4, -0.2) is 15.9 Å². The van der Waals surface area contributed by atoms with Gasteiger partial charge in [-0.25, -0.2) is 14.4 Å². The Morgan fingerprint density at radius 1 is 1.12 bits per heavy atom. The molecule has 2 aromatic carbocycles. The van der Waals surface area contributed by atoms with Crippen LogP contribution < -0.4 is 5.32 Å². The van der Waals surface area contributed by atoms with Crippen LogP contribution in [-0.2, 0) is 0 Å². The van der Waals surface area contributed by atoms with Gasteiger partial charge >= 0.3 is 0 Å². The molecule has 0 spiro atoms. The molecule has 3 rings (SSSR count). The van der Waals surface area contributed by atoms with E-state index in [1.165, 1.54) is 12.1 Å². The van der Waals surface area contributed by atoms with Gasteiger partial charge in [0.25, 0.3) is 5.91 Å². The van der Waals surface area contributed by atoms with Crippen molar-refractivity contribution >= 4 is 34.2 Å². The van der Waals surface area contributed by atoms with Crippen molar-refractivity contribution in [1.82, 2.24) is 9.97 Å². The topological polar surface area (TPSA) is 54.9 Å². The monoisotopic (exact) mass is 433 g/mol. The first-order chi connectivity index (χ1) is 11.5. The molecule has 0 aliphatic carbocycles. The largest absolute Gasteiger partial charge is 0.322 e. The average molecular weight is 433 g/mol. The number of carbonyl (C=O) groups excluding carboxylic acids is 1. The summed E-state index contributed by atoms with van der Waals surface area (Å²) in [6, 6.07) is 13.2. The van der Waals surface area contributed by atoms with Gasteiger partial charge in [-0.15, -0.1) is 0 Å². The summed E-state index contributed by atoms with van der Waals surface area (Å²) in [4.78, 5) is 20.9. The quantitative estimate of drug-likeness (QED) is 0.622. The molecule has 3 aromatic rings. The van der Waals surface area contributed by atoms with Crippen LogP contribution in [0.15, 0.2) is 54.7 Å². The molecule has 4 nitrogen and oxygen atoms in total. The normalized spacial score (nSPS) is 10.5. The summed E-state index contributed by atoms with van der Waals surface area (Å²) in [5, 5.41) is 2.77. The van der Waals surface area contributed by atoms with E-state index in [1.54, 1.807) is 24.4 Å². The number of hydrogen-bond acceptors (Lipinski definition) is 3. The summed E-state index contributed by atoms with van der Waals surface area (Å²) in [7, 11) is 0. The number of amides is 1. The summed E-state index contributed by atoms with van der Waals surface area (Å²) < 4.78 is 14.0. The van der Waals surface area contributed by atoms with Gasteiger partial charge in [-0.3, -0.25) is 4.79 Å². The molecule has 120 valence electrons. The fourth-order valence-corrected chi connectivity index (χ4v) is 2.74. The van der Waals surface area contributed by atoms with Crippen molar-refractivity contribution < 1.29 is 9.18 Å². The molecule has 0 atom stereocenters. The number of benzene rings is 2. The van der Waals surface area contributed by atoms with E-state index < -0.39 is 5.82 Å². The zero-order chi connectivity index (χ0) is 17.1. The van der Waals surface area contributed by atoms with Crippen LogP contribution in [0.5, 0.6) is 0 Å². The van der Waals surface area contributed by atoms with Gasteiger partial charge in [-0.1, -0.05) is 0 Å². The van der Waals surface area contributed by atoms with E-state index in [9.17, 15) is 9.18 Å². The molecular weight excluding hydrogens is 420 g/mol. The van der Waals surface area contributed by atoms with Crippen molar-refractivity contribution in [2.24, 2.45) is 0 Å². The second-order valence-corrected chi connectivity index (χ2v) is 6.34. The van der Waals surface area contributed by atoms with Crippen molar-refractivity contribution in [1.29, 1.82) is 0 Å². The van der Waals surface area contributed by atoms with Gasteiger partial charge in [-0.2, -0.15) is 0 Å². The molecule has 0 aliphatic heterocycles. The van der Waals surface area contributed by atoms with E-state index in [2.05, 4.69) is 15.3 Å². The Labute approximate surface area is 152 Å². The molecule has 0 radical (unpaired) electrons. The molecule has 1 aromatic heterocycles. The zero-order valence-corrected chi connectivity index (χ0v) is 14.9. The van der Waals surface area contributed by atoms with Crippen LogP contribution in [0.3, 0.4) is 0 Å². The Morgan fingerprint density at radius 3 is 2.58 bits per heavy atom. The van der Waals surface area contributed by atoms with Crippen molar-refractivity contribution in [3.63, 3.8) is 0 Å². The third kappa shape index (κ3) is 3.76. The fourth-order valence-electron chi connectivity index (χ4n) is 2.16. The number of anilines is 1. The van der Waals surface area contributed by atoms with E-state index in [-0.39, 0.29) is 5.91 Å². The number of aromatic nitrogens is 2. The molecule has 0 aliphatic rings. The maximum atomic E-state index is 13.3. The Balaban J connectivity index is 1.79. The molecule has 6 heteroatoms. The Morgan fingerprint density at radius 2 is 1.88 bits per heavy atom. The van der Waals surface area contributed by atoms with Gasteiger partial charge in [0.05, 0.1) is 5.56 Å². The van der Waals surface area contributed by atoms with Gasteiger partial charge in [0, 0.05) is 26.7 Å². The van der Waals surface area contributed by atoms with Crippen molar-refractivity contribution in [3.05, 3.63) is 75.4 Å². The van der Waals surface area contributed by atoms with Gasteiger partial charge < -0.3 is 5.32 Å². The summed E-state index contributed by atoms with van der Waals surface area (Å²) >= 11 is 2.01. The van der Waals surface area contributed by atoms with E-state index in [0.29, 0.717) is 20.6 Å². The number of aryl methyl sites for hydroxylation is 1. The van der Waals surface area contributed by atoms with Crippen LogP contribution in [0.2, 0.25) is 0 Å². The van der Waals surface area contributed by atoms with Crippen LogP contribution in [0.4, 0.5) is 10.1 Å². The lowest BCUT2D eigenvalue weighted by Gasteiger charge is -2.08. The first-order valence-electron chi connectivity index (χ1n) is 7.19. The lowest BCUT2D eigenvalue weighted by atomic mass is 10.1. The Bertz CT molecular complexity index is 897. The highest BCUT2D eigenvalue weighted by atomic mass is 127. The minimum atomic E-state index is -0.437. The molecule has 24 heavy (non-hydrogen) atoms. The van der Waals surface area contributed by atoms with E-state index in [4.69, 9.17) is 0 Å². The molecule has 1 amide bonds. The number of nitrogens with zero attached hydrogens (tertiary/aromatic N) is 2. The molecule has 0 unspecified atom stereocenters. The third-order valence-electron chi connectivity index (χ3n) is 3.37. The molecule has 0 saturated heterocycles. The standard InChI is InChI=1S/C18H13FIN3O/c1-11-8-9-21-17(22-11)12-2-5-14(6-3-12)23-18(24)15-10-13(19)4-7-16(15)20/h2-10H,1H3,(H,23,24). The van der Waals surface area contributed by atoms with Crippen molar-refractivity contribution in [2.75, 3.05) is 5.32 Å². The SMILES string of the molecule is Cc1ccnc(-c2ccc(NC(=O)c3cc(F)ccc3I)cc2)n1. The summed E-state index contributed by atoms with van der Waals surface area (Å²) in [6.45, 7) is 1.90. The van der Waals surface area contributed by atoms with Crippen LogP contribution in [0.1, 0.15) is 16.1 Å². The predicted molar refractivity (Wildman–Crippen MR) is 99.3 cm³/mol. The maximum absolute atomic E-state index is 13.3. The molecule has 0 saturated carbocycles. The van der Waals surface area contributed by atoms with Gasteiger partial charge in [0.15, 0.2) is 5.82 Å². The lowest BCUT2D eigenvalue weighted by molar-refractivity contribution is 0.102. The number of nitrogens with one attached hydrogen (secondary N) is 1. The van der Waals surface area contributed by atoms with Crippen LogP contribution in [0, 0.1) is 16.3 Å². The van der Waals surface area contributed by atoms with E-state index in [0.717, 1.165) is 11.3 Å². The first-order valence-corrected chi connectivity index (χ1v) is 8.27. The molecule has 1 N–H and O–H groups in total. The minimum Gasteiger partial charge on any atom is -0.322 e. The summed E-state index contributed by atoms with van der Waals surface area (Å²) in [5.41, 5.74) is 2.67. The highest BCUT2D eigenvalue weighted by Gasteiger charge is 2.11. The van der Waals surface area contributed by atoms with E-state index in [1.807, 2.05) is 47.7 Å².